The Morgan fingerprint density at radius 1 is 1.00 bits per heavy atom. The number of anilines is 2. The van der Waals surface area contributed by atoms with E-state index in [4.69, 9.17) is 9.47 Å². The monoisotopic (exact) mass is 465 g/mol. The van der Waals surface area contributed by atoms with E-state index in [1.807, 2.05) is 13.0 Å². The minimum atomic E-state index is -3.80. The van der Waals surface area contributed by atoms with Crippen LogP contribution in [-0.4, -0.2) is 81.8 Å². The second-order valence-corrected chi connectivity index (χ2v) is 9.59. The number of sulfonamides is 1. The number of halogens is 1. The molecule has 1 aromatic heterocycles. The molecule has 2 aromatic rings. The third kappa shape index (κ3) is 4.79. The highest BCUT2D eigenvalue weighted by Gasteiger charge is 2.30. The van der Waals surface area contributed by atoms with E-state index in [1.54, 1.807) is 6.92 Å². The molecule has 0 unspecified atom stereocenters. The molecule has 0 N–H and O–H groups in total. The van der Waals surface area contributed by atoms with Crippen LogP contribution in [0.25, 0.3) is 0 Å². The average Bonchev–Trinajstić information content (AvgIpc) is 2.81. The molecule has 9 nitrogen and oxygen atoms in total. The van der Waals surface area contributed by atoms with Gasteiger partial charge in [0.25, 0.3) is 0 Å². The van der Waals surface area contributed by atoms with Crippen molar-refractivity contribution in [3.8, 4) is 5.75 Å². The Labute approximate surface area is 187 Å². The van der Waals surface area contributed by atoms with Gasteiger partial charge in [-0.15, -0.1) is 0 Å². The zero-order valence-corrected chi connectivity index (χ0v) is 19.1. The van der Waals surface area contributed by atoms with Gasteiger partial charge in [-0.2, -0.15) is 4.31 Å². The minimum Gasteiger partial charge on any atom is -0.491 e. The van der Waals surface area contributed by atoms with Gasteiger partial charge in [0.15, 0.2) is 11.6 Å². The minimum absolute atomic E-state index is 0.0477. The number of aromatic nitrogens is 2. The van der Waals surface area contributed by atoms with Gasteiger partial charge in [-0.05, 0) is 32.0 Å². The number of ether oxygens (including phenoxy) is 2. The number of hydrogen-bond donors (Lipinski definition) is 0. The van der Waals surface area contributed by atoms with E-state index in [-0.39, 0.29) is 23.7 Å². The summed E-state index contributed by atoms with van der Waals surface area (Å²) >= 11 is 0. The molecular weight excluding hydrogens is 437 g/mol. The van der Waals surface area contributed by atoms with Gasteiger partial charge in [0.05, 0.1) is 24.7 Å². The van der Waals surface area contributed by atoms with E-state index in [2.05, 4.69) is 19.8 Å². The highest BCUT2D eigenvalue weighted by Crippen LogP contribution is 2.26. The second kappa shape index (κ2) is 9.55. The highest BCUT2D eigenvalue weighted by molar-refractivity contribution is 7.89. The van der Waals surface area contributed by atoms with E-state index in [1.165, 1.54) is 16.4 Å². The molecule has 0 bridgehead atoms. The smallest absolute Gasteiger partial charge is 0.243 e. The maximum absolute atomic E-state index is 14.2. The van der Waals surface area contributed by atoms with Crippen molar-refractivity contribution in [1.29, 1.82) is 0 Å². The van der Waals surface area contributed by atoms with Crippen LogP contribution in [0.3, 0.4) is 0 Å². The van der Waals surface area contributed by atoms with Crippen LogP contribution >= 0.6 is 0 Å². The maximum Gasteiger partial charge on any atom is 0.243 e. The fraction of sp³-hybridized carbons (Fsp3) is 0.524. The molecule has 1 aromatic carbocycles. The fourth-order valence-corrected chi connectivity index (χ4v) is 5.31. The summed E-state index contributed by atoms with van der Waals surface area (Å²) < 4.78 is 52.2. The van der Waals surface area contributed by atoms with Crippen LogP contribution < -0.4 is 14.5 Å². The Bertz CT molecular complexity index is 1050. The van der Waals surface area contributed by atoms with Crippen molar-refractivity contribution >= 4 is 21.7 Å². The summed E-state index contributed by atoms with van der Waals surface area (Å²) in [4.78, 5) is 13.3. The first-order chi connectivity index (χ1) is 15.4. The van der Waals surface area contributed by atoms with Crippen molar-refractivity contribution in [3.05, 3.63) is 35.9 Å². The molecule has 174 valence electrons. The zero-order valence-electron chi connectivity index (χ0n) is 18.3. The molecule has 2 fully saturated rings. The van der Waals surface area contributed by atoms with Gasteiger partial charge in [-0.25, -0.2) is 22.8 Å². The molecule has 0 amide bonds. The lowest BCUT2D eigenvalue weighted by atomic mass is 10.3. The normalized spacial score (nSPS) is 18.1. The summed E-state index contributed by atoms with van der Waals surface area (Å²) in [5, 5.41) is 0. The number of aryl methyl sites for hydroxylation is 1. The molecule has 0 atom stereocenters. The molecule has 2 saturated heterocycles. The van der Waals surface area contributed by atoms with Crippen LogP contribution in [0.4, 0.5) is 16.0 Å². The van der Waals surface area contributed by atoms with Crippen LogP contribution in [0.15, 0.2) is 29.2 Å². The Morgan fingerprint density at radius 2 is 1.62 bits per heavy atom. The summed E-state index contributed by atoms with van der Waals surface area (Å²) in [6.07, 6.45) is 0. The lowest BCUT2D eigenvalue weighted by molar-refractivity contribution is 0.122. The fourth-order valence-electron chi connectivity index (χ4n) is 3.87. The van der Waals surface area contributed by atoms with Gasteiger partial charge in [-0.1, -0.05) is 0 Å². The summed E-state index contributed by atoms with van der Waals surface area (Å²) in [5.74, 6) is 1.67. The highest BCUT2D eigenvalue weighted by atomic mass is 32.2. The number of morpholine rings is 1. The number of nitrogens with zero attached hydrogens (tertiary/aromatic N) is 5. The van der Waals surface area contributed by atoms with Crippen LogP contribution in [-0.2, 0) is 14.8 Å². The Hall–Kier alpha value is -2.50. The van der Waals surface area contributed by atoms with E-state index in [0.29, 0.717) is 38.7 Å². The summed E-state index contributed by atoms with van der Waals surface area (Å²) in [6.45, 7) is 8.33. The van der Waals surface area contributed by atoms with Gasteiger partial charge in [0, 0.05) is 45.3 Å². The molecule has 3 heterocycles. The Morgan fingerprint density at radius 3 is 2.22 bits per heavy atom. The molecule has 0 spiro atoms. The first-order valence-corrected chi connectivity index (χ1v) is 12.2. The second-order valence-electron chi connectivity index (χ2n) is 7.65. The summed E-state index contributed by atoms with van der Waals surface area (Å²) in [5.41, 5.74) is 0. The van der Waals surface area contributed by atoms with Crippen molar-refractivity contribution in [3.63, 3.8) is 0 Å². The number of hydrogen-bond acceptors (Lipinski definition) is 8. The van der Waals surface area contributed by atoms with Gasteiger partial charge >= 0.3 is 0 Å². The van der Waals surface area contributed by atoms with Crippen LogP contribution in [0.2, 0.25) is 0 Å². The van der Waals surface area contributed by atoms with E-state index >= 15 is 0 Å². The van der Waals surface area contributed by atoms with E-state index < -0.39 is 15.8 Å². The van der Waals surface area contributed by atoms with Crippen molar-refractivity contribution in [2.45, 2.75) is 18.7 Å². The van der Waals surface area contributed by atoms with Gasteiger partial charge in [0.1, 0.15) is 17.5 Å². The Kier molecular flexibility index (Phi) is 6.77. The summed E-state index contributed by atoms with van der Waals surface area (Å²) in [6, 6.07) is 5.72. The Balaban J connectivity index is 1.46. The third-order valence-corrected chi connectivity index (χ3v) is 7.44. The van der Waals surface area contributed by atoms with E-state index in [9.17, 15) is 12.8 Å². The number of rotatable bonds is 6. The summed E-state index contributed by atoms with van der Waals surface area (Å²) in [7, 11) is -3.80. The lowest BCUT2D eigenvalue weighted by Crippen LogP contribution is -2.49. The van der Waals surface area contributed by atoms with Crippen molar-refractivity contribution in [1.82, 2.24) is 14.3 Å². The van der Waals surface area contributed by atoms with Gasteiger partial charge in [0.2, 0.25) is 10.0 Å². The lowest BCUT2D eigenvalue weighted by Gasteiger charge is -2.35. The van der Waals surface area contributed by atoms with Gasteiger partial charge < -0.3 is 19.3 Å². The molecular formula is C21H28FN5O4S. The van der Waals surface area contributed by atoms with Crippen molar-refractivity contribution in [2.24, 2.45) is 0 Å². The molecule has 11 heteroatoms. The molecule has 4 rings (SSSR count). The van der Waals surface area contributed by atoms with Crippen LogP contribution in [0, 0.1) is 12.7 Å². The largest absolute Gasteiger partial charge is 0.491 e. The molecule has 0 aliphatic carbocycles. The number of piperazine rings is 1. The molecule has 2 aliphatic rings. The topological polar surface area (TPSA) is 88.1 Å². The SMILES string of the molecule is CCOc1ccc(S(=O)(=O)N2CCN(c3cc(N4CCOCC4)nc(C)n3)CC2)cc1F. The van der Waals surface area contributed by atoms with Crippen molar-refractivity contribution < 1.29 is 22.3 Å². The van der Waals surface area contributed by atoms with Crippen LogP contribution in [0.5, 0.6) is 5.75 Å². The molecule has 0 saturated carbocycles. The molecule has 32 heavy (non-hydrogen) atoms. The molecule has 0 radical (unpaired) electrons. The predicted octanol–water partition coefficient (Wildman–Crippen LogP) is 1.67. The van der Waals surface area contributed by atoms with E-state index in [0.717, 1.165) is 30.8 Å². The maximum atomic E-state index is 14.2. The number of benzene rings is 1. The standard InChI is InChI=1S/C21H28FN5O4S/c1-3-31-19-5-4-17(14-18(19)22)32(28,29)27-8-6-25(7-9-27)20-15-21(24-16(2)23-20)26-10-12-30-13-11-26/h4-5,14-15H,3,6-13H2,1-2H3. The molecule has 2 aliphatic heterocycles. The quantitative estimate of drug-likeness (QED) is 0.637. The first kappa shape index (κ1) is 22.7. The average molecular weight is 466 g/mol. The zero-order chi connectivity index (χ0) is 22.7. The van der Waals surface area contributed by atoms with Crippen molar-refractivity contribution in [2.75, 3.05) is 68.9 Å². The predicted molar refractivity (Wildman–Crippen MR) is 118 cm³/mol. The first-order valence-electron chi connectivity index (χ1n) is 10.7. The van der Waals surface area contributed by atoms with Gasteiger partial charge in [-0.3, -0.25) is 0 Å². The van der Waals surface area contributed by atoms with Crippen LogP contribution in [0.1, 0.15) is 12.7 Å². The third-order valence-electron chi connectivity index (χ3n) is 5.55.